The van der Waals surface area contributed by atoms with Crippen LogP contribution in [-0.2, 0) is 6.18 Å². The van der Waals surface area contributed by atoms with E-state index in [1.165, 1.54) is 18.4 Å². The lowest BCUT2D eigenvalue weighted by Crippen LogP contribution is -2.03. The van der Waals surface area contributed by atoms with E-state index in [-0.39, 0.29) is 0 Å². The van der Waals surface area contributed by atoms with E-state index in [1.807, 2.05) is 0 Å². The second-order valence-corrected chi connectivity index (χ2v) is 2.96. The van der Waals surface area contributed by atoms with Crippen LogP contribution >= 0.6 is 0 Å². The summed E-state index contributed by atoms with van der Waals surface area (Å²) in [7, 11) is 0. The molecule has 1 aromatic carbocycles. The van der Waals surface area contributed by atoms with Crippen molar-refractivity contribution in [2.24, 2.45) is 0 Å². The SMILES string of the molecule is FC(F)(F)c1ccc(-c2ccon2)cc1. The number of halogens is 3. The summed E-state index contributed by atoms with van der Waals surface area (Å²) in [6.07, 6.45) is -2.94. The number of hydrogen-bond acceptors (Lipinski definition) is 2. The zero-order valence-electron chi connectivity index (χ0n) is 7.45. The molecule has 2 nitrogen and oxygen atoms in total. The van der Waals surface area contributed by atoms with E-state index in [0.29, 0.717) is 11.3 Å². The Kier molecular flexibility index (Phi) is 2.22. The molecule has 0 saturated carbocycles. The average molecular weight is 213 g/mol. The molecule has 1 aromatic heterocycles. The van der Waals surface area contributed by atoms with Crippen molar-refractivity contribution in [1.29, 1.82) is 0 Å². The molecule has 0 spiro atoms. The first kappa shape index (κ1) is 9.76. The van der Waals surface area contributed by atoms with Crippen LogP contribution in [0, 0.1) is 0 Å². The molecule has 0 unspecified atom stereocenters. The largest absolute Gasteiger partial charge is 0.416 e. The van der Waals surface area contributed by atoms with Crippen molar-refractivity contribution in [1.82, 2.24) is 5.16 Å². The second-order valence-electron chi connectivity index (χ2n) is 2.96. The first-order valence-electron chi connectivity index (χ1n) is 4.15. The van der Waals surface area contributed by atoms with Crippen LogP contribution in [0.25, 0.3) is 11.3 Å². The van der Waals surface area contributed by atoms with Crippen LogP contribution in [0.5, 0.6) is 0 Å². The predicted octanol–water partition coefficient (Wildman–Crippen LogP) is 3.36. The van der Waals surface area contributed by atoms with Gasteiger partial charge in [0.1, 0.15) is 12.0 Å². The van der Waals surface area contributed by atoms with E-state index < -0.39 is 11.7 Å². The maximum atomic E-state index is 12.2. The first-order valence-corrected chi connectivity index (χ1v) is 4.15. The number of alkyl halides is 3. The predicted molar refractivity (Wildman–Crippen MR) is 46.9 cm³/mol. The molecule has 0 amide bonds. The van der Waals surface area contributed by atoms with Crippen LogP contribution < -0.4 is 0 Å². The third-order valence-electron chi connectivity index (χ3n) is 1.95. The van der Waals surface area contributed by atoms with E-state index in [2.05, 4.69) is 9.68 Å². The van der Waals surface area contributed by atoms with Gasteiger partial charge in [0.2, 0.25) is 0 Å². The van der Waals surface area contributed by atoms with Crippen molar-refractivity contribution in [3.63, 3.8) is 0 Å². The quantitative estimate of drug-likeness (QED) is 0.725. The van der Waals surface area contributed by atoms with Crippen molar-refractivity contribution in [2.75, 3.05) is 0 Å². The summed E-state index contributed by atoms with van der Waals surface area (Å²) in [5, 5.41) is 3.62. The summed E-state index contributed by atoms with van der Waals surface area (Å²) in [6.45, 7) is 0. The standard InChI is InChI=1S/C10H6F3NO/c11-10(12,13)8-3-1-7(2-4-8)9-5-6-15-14-9/h1-6H. The van der Waals surface area contributed by atoms with Crippen LogP contribution in [0.2, 0.25) is 0 Å². The molecule has 0 fully saturated rings. The number of rotatable bonds is 1. The van der Waals surface area contributed by atoms with Crippen molar-refractivity contribution in [3.8, 4) is 11.3 Å². The maximum Gasteiger partial charge on any atom is 0.416 e. The molecule has 78 valence electrons. The summed E-state index contributed by atoms with van der Waals surface area (Å²) in [6, 6.07) is 6.35. The van der Waals surface area contributed by atoms with Gasteiger partial charge >= 0.3 is 6.18 Å². The molecule has 0 aliphatic carbocycles. The summed E-state index contributed by atoms with van der Waals surface area (Å²) >= 11 is 0. The second kappa shape index (κ2) is 3.42. The molecule has 2 rings (SSSR count). The zero-order chi connectivity index (χ0) is 10.9. The average Bonchev–Trinajstić information content (AvgIpc) is 2.69. The molecule has 2 aromatic rings. The van der Waals surface area contributed by atoms with Gasteiger partial charge < -0.3 is 4.52 Å². The van der Waals surface area contributed by atoms with E-state index in [0.717, 1.165) is 12.1 Å². The molecule has 0 bridgehead atoms. The summed E-state index contributed by atoms with van der Waals surface area (Å²) in [4.78, 5) is 0. The lowest BCUT2D eigenvalue weighted by molar-refractivity contribution is -0.137. The molecule has 15 heavy (non-hydrogen) atoms. The van der Waals surface area contributed by atoms with Crippen molar-refractivity contribution < 1.29 is 17.7 Å². The van der Waals surface area contributed by atoms with E-state index in [4.69, 9.17) is 0 Å². The van der Waals surface area contributed by atoms with Gasteiger partial charge in [0.25, 0.3) is 0 Å². The van der Waals surface area contributed by atoms with Gasteiger partial charge in [-0.3, -0.25) is 0 Å². The molecule has 0 N–H and O–H groups in total. The van der Waals surface area contributed by atoms with E-state index >= 15 is 0 Å². The Morgan fingerprint density at radius 3 is 2.13 bits per heavy atom. The van der Waals surface area contributed by atoms with Crippen LogP contribution in [0.15, 0.2) is 41.1 Å². The highest BCUT2D eigenvalue weighted by Gasteiger charge is 2.29. The van der Waals surface area contributed by atoms with Gasteiger partial charge in [0.15, 0.2) is 0 Å². The van der Waals surface area contributed by atoms with Gasteiger partial charge in [-0.05, 0) is 12.1 Å². The molecule has 0 saturated heterocycles. The Labute approximate surface area is 83.3 Å². The Bertz CT molecular complexity index is 431. The zero-order valence-corrected chi connectivity index (χ0v) is 7.45. The third kappa shape index (κ3) is 2.01. The molecule has 0 aliphatic heterocycles. The van der Waals surface area contributed by atoms with E-state index in [9.17, 15) is 13.2 Å². The van der Waals surface area contributed by atoms with E-state index in [1.54, 1.807) is 6.07 Å². The minimum atomic E-state index is -4.30. The van der Waals surface area contributed by atoms with Crippen LogP contribution in [0.4, 0.5) is 13.2 Å². The normalized spacial score (nSPS) is 11.7. The molecule has 0 radical (unpaired) electrons. The monoisotopic (exact) mass is 213 g/mol. The molecule has 0 aliphatic rings. The van der Waals surface area contributed by atoms with Gasteiger partial charge in [-0.25, -0.2) is 0 Å². The fourth-order valence-corrected chi connectivity index (χ4v) is 1.19. The fourth-order valence-electron chi connectivity index (χ4n) is 1.19. The van der Waals surface area contributed by atoms with Gasteiger partial charge in [0.05, 0.1) is 5.56 Å². The highest BCUT2D eigenvalue weighted by Crippen LogP contribution is 2.30. The summed E-state index contributed by atoms with van der Waals surface area (Å²) in [5.74, 6) is 0. The molecule has 0 atom stereocenters. The summed E-state index contributed by atoms with van der Waals surface area (Å²) < 4.78 is 41.3. The molecule has 1 heterocycles. The Morgan fingerprint density at radius 1 is 1.00 bits per heavy atom. The summed E-state index contributed by atoms with van der Waals surface area (Å²) in [5.41, 5.74) is 0.440. The molecular weight excluding hydrogens is 207 g/mol. The van der Waals surface area contributed by atoms with Gasteiger partial charge in [-0.15, -0.1) is 0 Å². The minimum absolute atomic E-state index is 0.517. The topological polar surface area (TPSA) is 26.0 Å². The number of benzene rings is 1. The number of hydrogen-bond donors (Lipinski definition) is 0. The highest BCUT2D eigenvalue weighted by atomic mass is 19.4. The van der Waals surface area contributed by atoms with Gasteiger partial charge in [-0.2, -0.15) is 13.2 Å². The third-order valence-corrected chi connectivity index (χ3v) is 1.95. The lowest BCUT2D eigenvalue weighted by Gasteiger charge is -2.06. The smallest absolute Gasteiger partial charge is 0.364 e. The number of aromatic nitrogens is 1. The van der Waals surface area contributed by atoms with Gasteiger partial charge in [-0.1, -0.05) is 17.3 Å². The van der Waals surface area contributed by atoms with Gasteiger partial charge in [0, 0.05) is 11.6 Å². The molecular formula is C10H6F3NO. The Hall–Kier alpha value is -1.78. The van der Waals surface area contributed by atoms with Crippen LogP contribution in [-0.4, -0.2) is 5.16 Å². The Balaban J connectivity index is 2.33. The minimum Gasteiger partial charge on any atom is -0.364 e. The maximum absolute atomic E-state index is 12.2. The van der Waals surface area contributed by atoms with Crippen molar-refractivity contribution in [3.05, 3.63) is 42.2 Å². The van der Waals surface area contributed by atoms with Crippen LogP contribution in [0.1, 0.15) is 5.56 Å². The lowest BCUT2D eigenvalue weighted by atomic mass is 10.1. The van der Waals surface area contributed by atoms with Crippen LogP contribution in [0.3, 0.4) is 0 Å². The van der Waals surface area contributed by atoms with Crippen molar-refractivity contribution >= 4 is 0 Å². The highest BCUT2D eigenvalue weighted by molar-refractivity contribution is 5.58. The Morgan fingerprint density at radius 2 is 1.67 bits per heavy atom. The first-order chi connectivity index (χ1) is 7.07. The fraction of sp³-hybridized carbons (Fsp3) is 0.100. The van der Waals surface area contributed by atoms with Crippen molar-refractivity contribution in [2.45, 2.75) is 6.18 Å². The molecule has 5 heteroatoms. The number of nitrogens with zero attached hydrogens (tertiary/aromatic N) is 1.